The molecule has 0 radical (unpaired) electrons. The highest BCUT2D eigenvalue weighted by molar-refractivity contribution is 5.05. The summed E-state index contributed by atoms with van der Waals surface area (Å²) in [7, 11) is 0. The summed E-state index contributed by atoms with van der Waals surface area (Å²) in [6.07, 6.45) is 3.21. The monoisotopic (exact) mass is 224 g/mol. The third-order valence-electron chi connectivity index (χ3n) is 2.80. The van der Waals surface area contributed by atoms with E-state index in [2.05, 4.69) is 15.3 Å². The first-order valence-electron chi connectivity index (χ1n) is 5.52. The van der Waals surface area contributed by atoms with E-state index in [0.717, 1.165) is 5.69 Å². The third-order valence-corrected chi connectivity index (χ3v) is 2.80. The average molecular weight is 224 g/mol. The maximum Gasteiger partial charge on any atom is 0.115 e. The summed E-state index contributed by atoms with van der Waals surface area (Å²) >= 11 is 0. The van der Waals surface area contributed by atoms with Gasteiger partial charge in [0.15, 0.2) is 0 Å². The van der Waals surface area contributed by atoms with Crippen molar-refractivity contribution in [3.05, 3.63) is 24.3 Å². The Hall–Kier alpha value is -1.04. The maximum absolute atomic E-state index is 9.06. The smallest absolute Gasteiger partial charge is 0.115 e. The van der Waals surface area contributed by atoms with Gasteiger partial charge in [0.25, 0.3) is 0 Å². The van der Waals surface area contributed by atoms with Gasteiger partial charge in [-0.3, -0.25) is 0 Å². The van der Waals surface area contributed by atoms with Gasteiger partial charge < -0.3 is 16.2 Å². The lowest BCUT2D eigenvalue weighted by molar-refractivity contribution is 0.201. The van der Waals surface area contributed by atoms with Crippen molar-refractivity contribution in [1.82, 2.24) is 15.3 Å². The number of aromatic nitrogens is 2. The highest BCUT2D eigenvalue weighted by Crippen LogP contribution is 2.11. The molecule has 1 aromatic heterocycles. The predicted octanol–water partition coefficient (Wildman–Crippen LogP) is 0.0829. The third kappa shape index (κ3) is 3.52. The van der Waals surface area contributed by atoms with Crippen LogP contribution in [-0.4, -0.2) is 34.3 Å². The fraction of sp³-hybridized carbons (Fsp3) is 0.636. The van der Waals surface area contributed by atoms with Gasteiger partial charge in [-0.2, -0.15) is 0 Å². The number of aliphatic hydroxyl groups excluding tert-OH is 1. The lowest BCUT2D eigenvalue weighted by atomic mass is 10.0. The summed E-state index contributed by atoms with van der Waals surface area (Å²) in [5.41, 5.74) is 6.59. The Balaban J connectivity index is 2.62. The van der Waals surface area contributed by atoms with E-state index in [0.29, 0.717) is 6.54 Å². The maximum atomic E-state index is 9.06. The normalized spacial score (nSPS) is 16.8. The number of hydrogen-bond donors (Lipinski definition) is 3. The van der Waals surface area contributed by atoms with E-state index in [1.807, 2.05) is 19.9 Å². The Morgan fingerprint density at radius 2 is 2.25 bits per heavy atom. The van der Waals surface area contributed by atoms with Crippen molar-refractivity contribution >= 4 is 0 Å². The summed E-state index contributed by atoms with van der Waals surface area (Å²) in [4.78, 5) is 8.04. The molecule has 1 rings (SSSR count). The Morgan fingerprint density at radius 1 is 1.50 bits per heavy atom. The van der Waals surface area contributed by atoms with E-state index >= 15 is 0 Å². The molecule has 0 saturated heterocycles. The van der Waals surface area contributed by atoms with Crippen molar-refractivity contribution in [1.29, 1.82) is 0 Å². The van der Waals surface area contributed by atoms with Crippen LogP contribution in [0.3, 0.4) is 0 Å². The van der Waals surface area contributed by atoms with Crippen LogP contribution in [0.4, 0.5) is 0 Å². The van der Waals surface area contributed by atoms with Gasteiger partial charge in [-0.15, -0.1) is 0 Å². The summed E-state index contributed by atoms with van der Waals surface area (Å²) in [5.74, 6) is 0.191. The molecule has 3 unspecified atom stereocenters. The molecule has 1 heterocycles. The van der Waals surface area contributed by atoms with Crippen molar-refractivity contribution in [3.63, 3.8) is 0 Å². The van der Waals surface area contributed by atoms with Crippen LogP contribution in [-0.2, 0) is 0 Å². The first kappa shape index (κ1) is 13.0. The Labute approximate surface area is 96.1 Å². The van der Waals surface area contributed by atoms with Crippen molar-refractivity contribution in [2.24, 2.45) is 11.7 Å². The number of nitrogens with two attached hydrogens (primary N) is 1. The average Bonchev–Trinajstić information content (AvgIpc) is 2.35. The second-order valence-corrected chi connectivity index (χ2v) is 4.04. The summed E-state index contributed by atoms with van der Waals surface area (Å²) in [6, 6.07) is 2.04. The highest BCUT2D eigenvalue weighted by atomic mass is 16.3. The summed E-state index contributed by atoms with van der Waals surface area (Å²) < 4.78 is 0. The van der Waals surface area contributed by atoms with Crippen molar-refractivity contribution in [3.8, 4) is 0 Å². The minimum atomic E-state index is 0.00648. The molecule has 5 heteroatoms. The van der Waals surface area contributed by atoms with Crippen LogP contribution in [0, 0.1) is 5.92 Å². The molecule has 16 heavy (non-hydrogen) atoms. The van der Waals surface area contributed by atoms with Gasteiger partial charge in [-0.25, -0.2) is 9.97 Å². The predicted molar refractivity (Wildman–Crippen MR) is 62.7 cm³/mol. The van der Waals surface area contributed by atoms with Crippen LogP contribution < -0.4 is 11.1 Å². The van der Waals surface area contributed by atoms with E-state index in [9.17, 15) is 0 Å². The molecule has 0 aromatic carbocycles. The van der Waals surface area contributed by atoms with Crippen LogP contribution in [0.25, 0.3) is 0 Å². The molecule has 5 nitrogen and oxygen atoms in total. The number of hydrogen-bond acceptors (Lipinski definition) is 5. The molecule has 0 amide bonds. The van der Waals surface area contributed by atoms with Crippen molar-refractivity contribution in [2.75, 3.05) is 13.2 Å². The van der Waals surface area contributed by atoms with E-state index < -0.39 is 0 Å². The minimum absolute atomic E-state index is 0.00648. The zero-order chi connectivity index (χ0) is 12.0. The van der Waals surface area contributed by atoms with E-state index in [-0.39, 0.29) is 24.6 Å². The fourth-order valence-electron chi connectivity index (χ4n) is 1.42. The van der Waals surface area contributed by atoms with E-state index in [4.69, 9.17) is 10.8 Å². The molecule has 4 N–H and O–H groups in total. The number of rotatable bonds is 6. The SMILES string of the molecule is CC(CO)C(C)NC(CN)c1ccncn1. The zero-order valence-corrected chi connectivity index (χ0v) is 9.80. The quantitative estimate of drug-likeness (QED) is 0.637. The van der Waals surface area contributed by atoms with Gasteiger partial charge in [0.2, 0.25) is 0 Å². The van der Waals surface area contributed by atoms with Crippen LogP contribution in [0.5, 0.6) is 0 Å². The lowest BCUT2D eigenvalue weighted by Crippen LogP contribution is -2.40. The molecule has 0 aliphatic rings. The van der Waals surface area contributed by atoms with Crippen LogP contribution in [0.15, 0.2) is 18.6 Å². The van der Waals surface area contributed by atoms with E-state index in [1.165, 1.54) is 6.33 Å². The minimum Gasteiger partial charge on any atom is -0.396 e. The highest BCUT2D eigenvalue weighted by Gasteiger charge is 2.17. The molecular formula is C11H20N4O. The van der Waals surface area contributed by atoms with E-state index in [1.54, 1.807) is 6.20 Å². The molecule has 0 bridgehead atoms. The van der Waals surface area contributed by atoms with Crippen LogP contribution in [0.1, 0.15) is 25.6 Å². The first-order valence-corrected chi connectivity index (χ1v) is 5.52. The fourth-order valence-corrected chi connectivity index (χ4v) is 1.42. The molecule has 90 valence electrons. The first-order chi connectivity index (χ1) is 7.69. The number of aliphatic hydroxyl groups is 1. The number of nitrogens with zero attached hydrogens (tertiary/aromatic N) is 2. The van der Waals surface area contributed by atoms with Gasteiger partial charge >= 0.3 is 0 Å². The Bertz CT molecular complexity index is 293. The van der Waals surface area contributed by atoms with Gasteiger partial charge in [0.1, 0.15) is 6.33 Å². The van der Waals surface area contributed by atoms with Gasteiger partial charge in [-0.05, 0) is 18.9 Å². The van der Waals surface area contributed by atoms with Gasteiger partial charge in [0, 0.05) is 25.4 Å². The van der Waals surface area contributed by atoms with Gasteiger partial charge in [0.05, 0.1) is 11.7 Å². The Kier molecular flexibility index (Phi) is 5.31. The topological polar surface area (TPSA) is 84.1 Å². The second-order valence-electron chi connectivity index (χ2n) is 4.04. The molecule has 3 atom stereocenters. The summed E-state index contributed by atoms with van der Waals surface area (Å²) in [6.45, 7) is 4.66. The standard InChI is InChI=1S/C11H20N4O/c1-8(6-16)9(2)15-11(5-12)10-3-4-13-7-14-10/h3-4,7-9,11,15-16H,5-6,12H2,1-2H3. The van der Waals surface area contributed by atoms with Crippen LogP contribution >= 0.6 is 0 Å². The largest absolute Gasteiger partial charge is 0.396 e. The van der Waals surface area contributed by atoms with Crippen molar-refractivity contribution < 1.29 is 5.11 Å². The molecule has 0 fully saturated rings. The molecule has 0 aliphatic heterocycles. The second kappa shape index (κ2) is 6.52. The molecule has 1 aromatic rings. The zero-order valence-electron chi connectivity index (χ0n) is 9.80. The molecule has 0 saturated carbocycles. The molecule has 0 aliphatic carbocycles. The van der Waals surface area contributed by atoms with Crippen LogP contribution in [0.2, 0.25) is 0 Å². The van der Waals surface area contributed by atoms with Gasteiger partial charge in [-0.1, -0.05) is 6.92 Å². The number of nitrogens with one attached hydrogen (secondary N) is 1. The molecular weight excluding hydrogens is 204 g/mol. The van der Waals surface area contributed by atoms with Crippen molar-refractivity contribution in [2.45, 2.75) is 25.9 Å². The summed E-state index contributed by atoms with van der Waals surface area (Å²) in [5, 5.41) is 12.4. The molecule has 0 spiro atoms. The lowest BCUT2D eigenvalue weighted by Gasteiger charge is -2.25. The Morgan fingerprint density at radius 3 is 2.75 bits per heavy atom.